The number of aromatic nitrogens is 2. The molecule has 4 aromatic rings. The number of anilines is 2. The van der Waals surface area contributed by atoms with Gasteiger partial charge in [0.1, 0.15) is 17.2 Å². The van der Waals surface area contributed by atoms with Crippen molar-refractivity contribution in [3.05, 3.63) is 71.0 Å². The van der Waals surface area contributed by atoms with E-state index in [0.29, 0.717) is 21.7 Å². The maximum atomic E-state index is 12.9. The predicted octanol–water partition coefficient (Wildman–Crippen LogP) is 6.16. The van der Waals surface area contributed by atoms with Crippen molar-refractivity contribution in [2.24, 2.45) is 0 Å². The lowest BCUT2D eigenvalue weighted by Gasteiger charge is -2.11. The van der Waals surface area contributed by atoms with Crippen LogP contribution in [0.5, 0.6) is 11.5 Å². The highest BCUT2D eigenvalue weighted by atomic mass is 35.5. The second kappa shape index (κ2) is 9.76. The van der Waals surface area contributed by atoms with Gasteiger partial charge >= 0.3 is 12.2 Å². The van der Waals surface area contributed by atoms with Gasteiger partial charge in [-0.3, -0.25) is 15.1 Å². The van der Waals surface area contributed by atoms with Gasteiger partial charge in [0.15, 0.2) is 5.13 Å². The SMILES string of the molecule is CNC(=O)c1cc(Oc2ccc3nc(NC(=O)Nc4cc(C(F)(F)F)ccc4Cl)sc3c2)ccn1. The molecular weight excluding hydrogens is 507 g/mol. The van der Waals surface area contributed by atoms with Crippen molar-refractivity contribution in [3.8, 4) is 11.5 Å². The van der Waals surface area contributed by atoms with E-state index in [-0.39, 0.29) is 27.4 Å². The number of nitrogens with one attached hydrogen (secondary N) is 3. The van der Waals surface area contributed by atoms with Crippen LogP contribution in [0.25, 0.3) is 10.2 Å². The molecule has 8 nitrogen and oxygen atoms in total. The third-order valence-corrected chi connectivity index (χ3v) is 5.81. The Balaban J connectivity index is 1.47. The summed E-state index contributed by atoms with van der Waals surface area (Å²) >= 11 is 7.05. The highest BCUT2D eigenvalue weighted by molar-refractivity contribution is 7.22. The van der Waals surface area contributed by atoms with Crippen molar-refractivity contribution in [2.45, 2.75) is 6.18 Å². The number of hydrogen-bond acceptors (Lipinski definition) is 6. The molecule has 2 heterocycles. The molecule has 0 spiro atoms. The summed E-state index contributed by atoms with van der Waals surface area (Å²) in [7, 11) is 1.50. The summed E-state index contributed by atoms with van der Waals surface area (Å²) in [6.45, 7) is 0. The molecule has 4 rings (SSSR count). The lowest BCUT2D eigenvalue weighted by Crippen LogP contribution is -2.20. The van der Waals surface area contributed by atoms with Crippen molar-refractivity contribution < 1.29 is 27.5 Å². The van der Waals surface area contributed by atoms with E-state index >= 15 is 0 Å². The Morgan fingerprint density at radius 3 is 2.54 bits per heavy atom. The van der Waals surface area contributed by atoms with Crippen molar-refractivity contribution in [1.29, 1.82) is 0 Å². The van der Waals surface area contributed by atoms with Crippen molar-refractivity contribution >= 4 is 55.9 Å². The molecule has 3 amide bonds. The van der Waals surface area contributed by atoms with Crippen LogP contribution >= 0.6 is 22.9 Å². The van der Waals surface area contributed by atoms with E-state index in [1.807, 2.05) is 0 Å². The Bertz CT molecular complexity index is 1430. The lowest BCUT2D eigenvalue weighted by atomic mass is 10.2. The normalized spacial score (nSPS) is 11.2. The predicted molar refractivity (Wildman–Crippen MR) is 126 cm³/mol. The molecule has 0 saturated carbocycles. The number of fused-ring (bicyclic) bond motifs is 1. The number of hydrogen-bond donors (Lipinski definition) is 3. The van der Waals surface area contributed by atoms with Gasteiger partial charge in [-0.2, -0.15) is 13.2 Å². The van der Waals surface area contributed by atoms with Crippen LogP contribution in [0.3, 0.4) is 0 Å². The van der Waals surface area contributed by atoms with Gasteiger partial charge < -0.3 is 15.4 Å². The number of nitrogens with zero attached hydrogens (tertiary/aromatic N) is 2. The second-order valence-electron chi connectivity index (χ2n) is 6.98. The molecule has 3 N–H and O–H groups in total. The van der Waals surface area contributed by atoms with E-state index in [2.05, 4.69) is 25.9 Å². The number of carbonyl (C=O) groups is 2. The molecule has 0 saturated heterocycles. The number of thiazole rings is 1. The number of benzene rings is 2. The Kier molecular flexibility index (Phi) is 6.76. The van der Waals surface area contributed by atoms with E-state index in [0.717, 1.165) is 29.5 Å². The zero-order valence-electron chi connectivity index (χ0n) is 17.7. The van der Waals surface area contributed by atoms with E-state index in [9.17, 15) is 22.8 Å². The third-order valence-electron chi connectivity index (χ3n) is 4.55. The highest BCUT2D eigenvalue weighted by Gasteiger charge is 2.31. The number of amides is 3. The first-order valence-corrected chi connectivity index (χ1v) is 11.0. The molecule has 2 aromatic carbocycles. The molecule has 35 heavy (non-hydrogen) atoms. The van der Waals surface area contributed by atoms with E-state index in [1.165, 1.54) is 19.3 Å². The molecule has 2 aromatic heterocycles. The molecule has 0 aliphatic heterocycles. The Labute approximate surface area is 205 Å². The molecule has 0 fully saturated rings. The van der Waals surface area contributed by atoms with Crippen molar-refractivity contribution in [3.63, 3.8) is 0 Å². The number of pyridine rings is 1. The number of rotatable bonds is 5. The first-order chi connectivity index (χ1) is 16.6. The smallest absolute Gasteiger partial charge is 0.416 e. The fourth-order valence-corrected chi connectivity index (χ4v) is 3.99. The lowest BCUT2D eigenvalue weighted by molar-refractivity contribution is -0.137. The standard InChI is InChI=1S/C22H15ClF3N5O3S/c1-27-19(32)17-9-13(6-7-28-17)34-12-3-5-15-18(10-12)35-21(30-15)31-20(33)29-16-8-11(22(24,25)26)2-4-14(16)23/h2-10H,1H3,(H,27,32)(H2,29,30,31,33). The van der Waals surface area contributed by atoms with Crippen LogP contribution in [0, 0.1) is 0 Å². The zero-order chi connectivity index (χ0) is 25.2. The summed E-state index contributed by atoms with van der Waals surface area (Å²) in [4.78, 5) is 32.3. The summed E-state index contributed by atoms with van der Waals surface area (Å²) in [5, 5.41) is 7.43. The van der Waals surface area contributed by atoms with Crippen LogP contribution in [0.4, 0.5) is 28.8 Å². The summed E-state index contributed by atoms with van der Waals surface area (Å²) in [6.07, 6.45) is -3.13. The van der Waals surface area contributed by atoms with Gasteiger partial charge in [-0.1, -0.05) is 22.9 Å². The summed E-state index contributed by atoms with van der Waals surface area (Å²) in [6, 6.07) is 9.94. The minimum absolute atomic E-state index is 0.0464. The number of alkyl halides is 3. The topological polar surface area (TPSA) is 105 Å². The molecule has 180 valence electrons. The zero-order valence-corrected chi connectivity index (χ0v) is 19.3. The van der Waals surface area contributed by atoms with Crippen LogP contribution in [-0.4, -0.2) is 29.0 Å². The average Bonchev–Trinajstić information content (AvgIpc) is 3.20. The molecule has 0 radical (unpaired) electrons. The van der Waals surface area contributed by atoms with Crippen molar-refractivity contribution in [1.82, 2.24) is 15.3 Å². The average molecular weight is 522 g/mol. The second-order valence-corrected chi connectivity index (χ2v) is 8.42. The van der Waals surface area contributed by atoms with Gasteiger partial charge in [0.05, 0.1) is 26.5 Å². The van der Waals surface area contributed by atoms with Crippen LogP contribution in [0.2, 0.25) is 5.02 Å². The fourth-order valence-electron chi connectivity index (χ4n) is 2.93. The Hall–Kier alpha value is -3.90. The van der Waals surface area contributed by atoms with E-state index in [4.69, 9.17) is 16.3 Å². The van der Waals surface area contributed by atoms with Gasteiger partial charge in [-0.15, -0.1) is 0 Å². The molecule has 0 unspecified atom stereocenters. The van der Waals surface area contributed by atoms with Gasteiger partial charge in [-0.25, -0.2) is 9.78 Å². The molecular formula is C22H15ClF3N5O3S. The fraction of sp³-hybridized carbons (Fsp3) is 0.0909. The quantitative estimate of drug-likeness (QED) is 0.292. The van der Waals surface area contributed by atoms with Gasteiger partial charge in [0, 0.05) is 25.4 Å². The largest absolute Gasteiger partial charge is 0.457 e. The maximum Gasteiger partial charge on any atom is 0.416 e. The highest BCUT2D eigenvalue weighted by Crippen LogP contribution is 2.34. The molecule has 13 heteroatoms. The summed E-state index contributed by atoms with van der Waals surface area (Å²) in [5.74, 6) is 0.508. The number of halogens is 4. The first-order valence-electron chi connectivity index (χ1n) is 9.84. The van der Waals surface area contributed by atoms with E-state index < -0.39 is 17.8 Å². The number of ether oxygens (including phenoxy) is 1. The van der Waals surface area contributed by atoms with Crippen LogP contribution in [-0.2, 0) is 6.18 Å². The first kappa shape index (κ1) is 24.2. The Morgan fingerprint density at radius 2 is 1.80 bits per heavy atom. The monoisotopic (exact) mass is 521 g/mol. The van der Waals surface area contributed by atoms with Gasteiger partial charge in [-0.05, 0) is 36.4 Å². The Morgan fingerprint density at radius 1 is 1.03 bits per heavy atom. The number of urea groups is 1. The third kappa shape index (κ3) is 5.78. The maximum absolute atomic E-state index is 12.9. The minimum Gasteiger partial charge on any atom is -0.457 e. The number of carbonyl (C=O) groups excluding carboxylic acids is 2. The van der Waals surface area contributed by atoms with Crippen LogP contribution < -0.4 is 20.7 Å². The minimum atomic E-state index is -4.58. The van der Waals surface area contributed by atoms with Gasteiger partial charge in [0.25, 0.3) is 5.91 Å². The molecule has 0 bridgehead atoms. The summed E-state index contributed by atoms with van der Waals surface area (Å²) < 4.78 is 45.3. The van der Waals surface area contributed by atoms with Gasteiger partial charge in [0.2, 0.25) is 0 Å². The molecule has 0 aliphatic carbocycles. The van der Waals surface area contributed by atoms with Crippen LogP contribution in [0.15, 0.2) is 54.7 Å². The van der Waals surface area contributed by atoms with Crippen molar-refractivity contribution in [2.75, 3.05) is 17.7 Å². The van der Waals surface area contributed by atoms with Crippen LogP contribution in [0.1, 0.15) is 16.1 Å². The summed E-state index contributed by atoms with van der Waals surface area (Å²) in [5.41, 5.74) is -0.372. The van der Waals surface area contributed by atoms with E-state index in [1.54, 1.807) is 24.3 Å². The molecule has 0 aliphatic rings. The molecule has 0 atom stereocenters.